The Kier molecular flexibility index (Phi) is 5.72. The Morgan fingerprint density at radius 2 is 1.82 bits per heavy atom. The molecule has 10 heteroatoms. The van der Waals surface area contributed by atoms with E-state index in [9.17, 15) is 13.2 Å². The van der Waals surface area contributed by atoms with Crippen molar-refractivity contribution in [2.45, 2.75) is 24.8 Å². The van der Waals surface area contributed by atoms with E-state index in [1.54, 1.807) is 17.8 Å². The number of ether oxygens (including phenoxy) is 1. The van der Waals surface area contributed by atoms with Gasteiger partial charge in [0.25, 0.3) is 0 Å². The predicted molar refractivity (Wildman–Crippen MR) is 104 cm³/mol. The van der Waals surface area contributed by atoms with E-state index in [1.807, 2.05) is 25.0 Å². The highest BCUT2D eigenvalue weighted by molar-refractivity contribution is 7.99. The van der Waals surface area contributed by atoms with E-state index in [0.29, 0.717) is 37.9 Å². The van der Waals surface area contributed by atoms with Gasteiger partial charge in [-0.15, -0.1) is 0 Å². The molecule has 0 unspecified atom stereocenters. The quantitative estimate of drug-likeness (QED) is 0.821. The zero-order valence-corrected chi connectivity index (χ0v) is 16.7. The van der Waals surface area contributed by atoms with Crippen LogP contribution in [-0.2, 0) is 15.7 Å². The Balaban J connectivity index is 2.19. The third kappa shape index (κ3) is 4.33. The van der Waals surface area contributed by atoms with Crippen LogP contribution in [0.5, 0.6) is 0 Å². The summed E-state index contributed by atoms with van der Waals surface area (Å²) in [4.78, 5) is 14.9. The molecule has 2 N–H and O–H groups in total. The first-order valence-corrected chi connectivity index (χ1v) is 9.95. The molecule has 1 saturated heterocycles. The molecule has 0 radical (unpaired) electrons. The number of morpholine rings is 1. The van der Waals surface area contributed by atoms with Gasteiger partial charge in [-0.05, 0) is 32.2 Å². The molecular formula is C18H22F3N5OS. The topological polar surface area (TPSA) is 77.2 Å². The van der Waals surface area contributed by atoms with Crippen LogP contribution in [0.3, 0.4) is 0 Å². The number of nitrogens with zero attached hydrogens (tertiary/aromatic N) is 4. The molecule has 1 fully saturated rings. The Bertz CT molecular complexity index is 854. The summed E-state index contributed by atoms with van der Waals surface area (Å²) in [6.45, 7) is 6.14. The number of hydrogen-bond acceptors (Lipinski definition) is 7. The monoisotopic (exact) mass is 413 g/mol. The van der Waals surface area contributed by atoms with E-state index in [2.05, 4.69) is 15.0 Å². The Morgan fingerprint density at radius 1 is 1.14 bits per heavy atom. The maximum absolute atomic E-state index is 13.6. The van der Waals surface area contributed by atoms with Crippen LogP contribution < -0.4 is 10.6 Å². The van der Waals surface area contributed by atoms with Gasteiger partial charge in [-0.25, -0.2) is 15.0 Å². The maximum atomic E-state index is 13.6. The average Bonchev–Trinajstić information content (AvgIpc) is 2.67. The lowest BCUT2D eigenvalue weighted by molar-refractivity contribution is -0.137. The highest BCUT2D eigenvalue weighted by Crippen LogP contribution is 2.39. The van der Waals surface area contributed by atoms with Crippen molar-refractivity contribution in [1.82, 2.24) is 15.0 Å². The molecule has 1 aliphatic rings. The number of aromatic nitrogens is 3. The fourth-order valence-corrected chi connectivity index (χ4v) is 3.11. The van der Waals surface area contributed by atoms with E-state index >= 15 is 0 Å². The highest BCUT2D eigenvalue weighted by Gasteiger charge is 2.35. The van der Waals surface area contributed by atoms with Gasteiger partial charge in [0.05, 0.1) is 34.9 Å². The van der Waals surface area contributed by atoms with Crippen LogP contribution in [0, 0.1) is 0 Å². The molecule has 2 aromatic rings. The fourth-order valence-electron chi connectivity index (χ4n) is 2.80. The zero-order chi connectivity index (χ0) is 20.5. The molecule has 3 heterocycles. The SMILES string of the molecule is CSC(C)(C)c1cc(-c2cnc(N)cc2C(F)(F)F)nc(N2CCOCC2)n1. The summed E-state index contributed by atoms with van der Waals surface area (Å²) in [5, 5.41) is 0. The van der Waals surface area contributed by atoms with Gasteiger partial charge >= 0.3 is 6.18 Å². The van der Waals surface area contributed by atoms with E-state index < -0.39 is 16.5 Å². The highest BCUT2D eigenvalue weighted by atomic mass is 32.2. The minimum atomic E-state index is -4.58. The van der Waals surface area contributed by atoms with Gasteiger partial charge in [0.1, 0.15) is 5.82 Å². The fraction of sp³-hybridized carbons (Fsp3) is 0.500. The lowest BCUT2D eigenvalue weighted by Crippen LogP contribution is -2.37. The number of nitrogen functional groups attached to an aromatic ring is 1. The number of hydrogen-bond donors (Lipinski definition) is 1. The van der Waals surface area contributed by atoms with Crippen LogP contribution in [0.4, 0.5) is 24.9 Å². The second-order valence-electron chi connectivity index (χ2n) is 6.90. The molecule has 0 amide bonds. The molecule has 3 rings (SSSR count). The number of halogens is 3. The molecule has 0 saturated carbocycles. The molecule has 152 valence electrons. The second kappa shape index (κ2) is 7.75. The van der Waals surface area contributed by atoms with Gasteiger partial charge in [0.2, 0.25) is 5.95 Å². The largest absolute Gasteiger partial charge is 0.417 e. The first-order valence-electron chi connectivity index (χ1n) is 8.72. The van der Waals surface area contributed by atoms with Crippen LogP contribution in [-0.4, -0.2) is 47.5 Å². The Hall–Kier alpha value is -2.07. The van der Waals surface area contributed by atoms with Gasteiger partial charge in [0.15, 0.2) is 0 Å². The normalized spacial score (nSPS) is 15.7. The number of anilines is 2. The molecule has 1 aliphatic heterocycles. The molecule has 0 aliphatic carbocycles. The summed E-state index contributed by atoms with van der Waals surface area (Å²) in [6, 6.07) is 2.44. The molecule has 0 aromatic carbocycles. The number of alkyl halides is 3. The Morgan fingerprint density at radius 3 is 2.43 bits per heavy atom. The van der Waals surface area contributed by atoms with Crippen molar-refractivity contribution in [2.75, 3.05) is 43.2 Å². The van der Waals surface area contributed by atoms with Gasteiger partial charge < -0.3 is 15.4 Å². The third-order valence-electron chi connectivity index (χ3n) is 4.64. The first-order chi connectivity index (χ1) is 13.1. The summed E-state index contributed by atoms with van der Waals surface area (Å²) in [7, 11) is 0. The van der Waals surface area contributed by atoms with Crippen molar-refractivity contribution in [2.24, 2.45) is 0 Å². The number of rotatable bonds is 4. The molecule has 6 nitrogen and oxygen atoms in total. The lowest BCUT2D eigenvalue weighted by atomic mass is 10.0. The van der Waals surface area contributed by atoms with E-state index in [0.717, 1.165) is 12.3 Å². The third-order valence-corrected chi connectivity index (χ3v) is 5.87. The molecule has 2 aromatic heterocycles. The minimum Gasteiger partial charge on any atom is -0.384 e. The summed E-state index contributed by atoms with van der Waals surface area (Å²) in [5.74, 6) is 0.200. The maximum Gasteiger partial charge on any atom is 0.417 e. The number of nitrogens with two attached hydrogens (primary N) is 1. The van der Waals surface area contributed by atoms with Crippen LogP contribution >= 0.6 is 11.8 Å². The van der Waals surface area contributed by atoms with Crippen molar-refractivity contribution in [3.05, 3.63) is 29.6 Å². The van der Waals surface area contributed by atoms with E-state index in [-0.39, 0.29) is 17.1 Å². The van der Waals surface area contributed by atoms with Crippen LogP contribution in [0.2, 0.25) is 0 Å². The van der Waals surface area contributed by atoms with Crippen molar-refractivity contribution in [1.29, 1.82) is 0 Å². The van der Waals surface area contributed by atoms with Gasteiger partial charge in [-0.1, -0.05) is 0 Å². The second-order valence-corrected chi connectivity index (χ2v) is 8.33. The van der Waals surface area contributed by atoms with Crippen molar-refractivity contribution >= 4 is 23.5 Å². The van der Waals surface area contributed by atoms with Crippen molar-refractivity contribution in [3.8, 4) is 11.3 Å². The van der Waals surface area contributed by atoms with Crippen molar-refractivity contribution < 1.29 is 17.9 Å². The van der Waals surface area contributed by atoms with Crippen LogP contribution in [0.15, 0.2) is 18.3 Å². The van der Waals surface area contributed by atoms with Crippen LogP contribution in [0.25, 0.3) is 11.3 Å². The number of pyridine rings is 1. The summed E-state index contributed by atoms with van der Waals surface area (Å²) in [5.41, 5.74) is 5.35. The lowest BCUT2D eigenvalue weighted by Gasteiger charge is -2.29. The first kappa shape index (κ1) is 20.7. The average molecular weight is 413 g/mol. The zero-order valence-electron chi connectivity index (χ0n) is 15.9. The van der Waals surface area contributed by atoms with E-state index in [4.69, 9.17) is 10.5 Å². The predicted octanol–water partition coefficient (Wildman–Crippen LogP) is 3.57. The summed E-state index contributed by atoms with van der Waals surface area (Å²) >= 11 is 1.56. The molecule has 0 bridgehead atoms. The summed E-state index contributed by atoms with van der Waals surface area (Å²) < 4.78 is 45.8. The standard InChI is InChI=1S/C18H22F3N5OS/c1-17(2,28-3)14-9-13(24-16(25-14)26-4-6-27-7-5-26)11-10-23-15(22)8-12(11)18(19,20)21/h8-10H,4-7H2,1-3H3,(H2,22,23). The van der Waals surface area contributed by atoms with Gasteiger partial charge in [-0.2, -0.15) is 24.9 Å². The molecular weight excluding hydrogens is 391 g/mol. The molecule has 0 atom stereocenters. The molecule has 0 spiro atoms. The Labute approximate surface area is 165 Å². The molecule has 28 heavy (non-hydrogen) atoms. The van der Waals surface area contributed by atoms with Crippen molar-refractivity contribution in [3.63, 3.8) is 0 Å². The van der Waals surface area contributed by atoms with Gasteiger partial charge in [-0.3, -0.25) is 0 Å². The van der Waals surface area contributed by atoms with Crippen LogP contribution in [0.1, 0.15) is 25.1 Å². The summed E-state index contributed by atoms with van der Waals surface area (Å²) in [6.07, 6.45) is -1.52. The van der Waals surface area contributed by atoms with E-state index in [1.165, 1.54) is 0 Å². The number of thioether (sulfide) groups is 1. The minimum absolute atomic E-state index is 0.114. The smallest absolute Gasteiger partial charge is 0.384 e. The van der Waals surface area contributed by atoms with Gasteiger partial charge in [0, 0.05) is 24.8 Å².